The lowest BCUT2D eigenvalue weighted by Gasteiger charge is -2.20. The Balaban J connectivity index is 1.94. The summed E-state index contributed by atoms with van der Waals surface area (Å²) in [5.41, 5.74) is 4.86. The minimum absolute atomic E-state index is 0.0283. The smallest absolute Gasteiger partial charge is 0.282 e. The predicted octanol–water partition coefficient (Wildman–Crippen LogP) is 7.69. The quantitative estimate of drug-likeness (QED) is 0.130. The molecule has 7 nitrogen and oxygen atoms in total. The van der Waals surface area contributed by atoms with Crippen LogP contribution in [0.15, 0.2) is 71.1 Å². The van der Waals surface area contributed by atoms with Crippen molar-refractivity contribution in [2.24, 2.45) is 5.10 Å². The van der Waals surface area contributed by atoms with Gasteiger partial charge in [-0.1, -0.05) is 39.0 Å². The number of aromatic nitrogens is 2. The summed E-state index contributed by atoms with van der Waals surface area (Å²) in [5.74, 6) is 2.83. The van der Waals surface area contributed by atoms with Gasteiger partial charge >= 0.3 is 0 Å². The number of hydrogen-bond acceptors (Lipinski definition) is 6. The molecule has 0 amide bonds. The van der Waals surface area contributed by atoms with E-state index in [0.717, 1.165) is 40.0 Å². The summed E-state index contributed by atoms with van der Waals surface area (Å²) in [6.07, 6.45) is 5.00. The third kappa shape index (κ3) is 6.40. The van der Waals surface area contributed by atoms with E-state index in [1.54, 1.807) is 19.4 Å². The fourth-order valence-electron chi connectivity index (χ4n) is 4.84. The number of nitrogens with zero attached hydrogens (tertiary/aromatic N) is 3. The van der Waals surface area contributed by atoms with Crippen molar-refractivity contribution in [2.75, 3.05) is 13.7 Å². The van der Waals surface area contributed by atoms with Crippen molar-refractivity contribution in [3.8, 4) is 28.6 Å². The minimum Gasteiger partial charge on any atom is -0.496 e. The van der Waals surface area contributed by atoms with Crippen LogP contribution in [-0.4, -0.2) is 35.7 Å². The Bertz CT molecular complexity index is 1670. The fourth-order valence-corrected chi connectivity index (χ4v) is 4.84. The third-order valence-electron chi connectivity index (χ3n) is 7.23. The molecule has 1 aromatic heterocycles. The summed E-state index contributed by atoms with van der Waals surface area (Å²) in [4.78, 5) is 18.8. The van der Waals surface area contributed by atoms with E-state index >= 15 is 0 Å². The summed E-state index contributed by atoms with van der Waals surface area (Å²) in [7, 11) is 1.67. The van der Waals surface area contributed by atoms with Gasteiger partial charge in [-0.15, -0.1) is 6.58 Å². The van der Waals surface area contributed by atoms with Gasteiger partial charge in [-0.05, 0) is 92.6 Å². The highest BCUT2D eigenvalue weighted by Gasteiger charge is 2.19. The summed E-state index contributed by atoms with van der Waals surface area (Å²) in [5, 5.41) is 5.23. The molecule has 0 bridgehead atoms. The molecular weight excluding hydrogens is 526 g/mol. The van der Waals surface area contributed by atoms with Crippen LogP contribution in [0.5, 0.6) is 17.2 Å². The molecule has 7 heteroatoms. The molecule has 0 aliphatic carbocycles. The van der Waals surface area contributed by atoms with E-state index in [4.69, 9.17) is 24.3 Å². The molecule has 1 atom stereocenters. The molecule has 0 saturated carbocycles. The van der Waals surface area contributed by atoms with E-state index in [2.05, 4.69) is 33.4 Å². The Labute approximate surface area is 248 Å². The Morgan fingerprint density at radius 1 is 1.07 bits per heavy atom. The number of benzene rings is 3. The first-order chi connectivity index (χ1) is 20.2. The molecule has 42 heavy (non-hydrogen) atoms. The van der Waals surface area contributed by atoms with Crippen molar-refractivity contribution in [1.29, 1.82) is 0 Å². The molecule has 0 radical (unpaired) electrons. The van der Waals surface area contributed by atoms with Gasteiger partial charge in [0.2, 0.25) is 0 Å². The number of rotatable bonds is 12. The van der Waals surface area contributed by atoms with Crippen molar-refractivity contribution in [1.82, 2.24) is 9.66 Å². The summed E-state index contributed by atoms with van der Waals surface area (Å²) in [6.45, 7) is 16.7. The minimum atomic E-state index is -0.249. The van der Waals surface area contributed by atoms with E-state index in [9.17, 15) is 4.79 Å². The lowest BCUT2D eigenvalue weighted by atomic mass is 9.96. The van der Waals surface area contributed by atoms with Crippen molar-refractivity contribution in [3.05, 3.63) is 93.8 Å². The fraction of sp³-hybridized carbons (Fsp3) is 0.343. The molecule has 4 aromatic rings. The van der Waals surface area contributed by atoms with E-state index < -0.39 is 0 Å². The molecule has 0 aliphatic heterocycles. The predicted molar refractivity (Wildman–Crippen MR) is 172 cm³/mol. The zero-order valence-corrected chi connectivity index (χ0v) is 25.7. The first-order valence-corrected chi connectivity index (χ1v) is 14.5. The first-order valence-electron chi connectivity index (χ1n) is 14.5. The van der Waals surface area contributed by atoms with Crippen molar-refractivity contribution < 1.29 is 14.2 Å². The van der Waals surface area contributed by atoms with Gasteiger partial charge in [-0.3, -0.25) is 4.79 Å². The second-order valence-electron chi connectivity index (χ2n) is 10.6. The topological polar surface area (TPSA) is 74.9 Å². The zero-order chi connectivity index (χ0) is 30.4. The SMILES string of the molecule is C=CCc1cc(C=Nn2c(-c3cc(C(C)C)c(OC)cc3C)nc3ccccc3c2=O)cc(OCC)c1O[C@@H](C)CC. The van der Waals surface area contributed by atoms with Gasteiger partial charge in [-0.25, -0.2) is 4.98 Å². The van der Waals surface area contributed by atoms with Gasteiger partial charge in [0.25, 0.3) is 5.56 Å². The monoisotopic (exact) mass is 567 g/mol. The third-order valence-corrected chi connectivity index (χ3v) is 7.23. The van der Waals surface area contributed by atoms with Gasteiger partial charge in [0, 0.05) is 11.1 Å². The van der Waals surface area contributed by atoms with Crippen LogP contribution in [0.1, 0.15) is 69.2 Å². The molecule has 0 aliphatic rings. The lowest BCUT2D eigenvalue weighted by Crippen LogP contribution is -2.21. The highest BCUT2D eigenvalue weighted by Crippen LogP contribution is 2.36. The number of hydrogen-bond donors (Lipinski definition) is 0. The largest absolute Gasteiger partial charge is 0.496 e. The van der Waals surface area contributed by atoms with Crippen LogP contribution in [0, 0.1) is 6.92 Å². The average molecular weight is 568 g/mol. The van der Waals surface area contributed by atoms with Gasteiger partial charge in [-0.2, -0.15) is 9.78 Å². The number of allylic oxidation sites excluding steroid dienone is 1. The van der Waals surface area contributed by atoms with Crippen molar-refractivity contribution in [2.45, 2.75) is 66.4 Å². The first kappa shape index (κ1) is 30.6. The summed E-state index contributed by atoms with van der Waals surface area (Å²) >= 11 is 0. The lowest BCUT2D eigenvalue weighted by molar-refractivity contribution is 0.201. The van der Waals surface area contributed by atoms with Crippen LogP contribution in [0.3, 0.4) is 0 Å². The standard InChI is InChI=1S/C35H41N3O4/c1-9-14-26-18-25(19-32(41-11-3)33(26)42-24(7)10-2)21-36-38-34(37-30-16-13-12-15-27(30)35(38)39)29-20-28(22(4)5)31(40-8)17-23(29)6/h9,12-13,15-22,24H,1,10-11,14H2,2-8H3/t24-/m0/s1. The molecule has 1 heterocycles. The summed E-state index contributed by atoms with van der Waals surface area (Å²) in [6, 6.07) is 15.3. The van der Waals surface area contributed by atoms with Crippen LogP contribution in [0.2, 0.25) is 0 Å². The maximum absolute atomic E-state index is 13.9. The van der Waals surface area contributed by atoms with Gasteiger partial charge in [0.15, 0.2) is 17.3 Å². The molecule has 0 fully saturated rings. The van der Waals surface area contributed by atoms with Crippen LogP contribution in [0.25, 0.3) is 22.3 Å². The number of aryl methyl sites for hydroxylation is 1. The summed E-state index contributed by atoms with van der Waals surface area (Å²) < 4.78 is 19.3. The van der Waals surface area contributed by atoms with E-state index in [1.807, 2.05) is 63.2 Å². The Morgan fingerprint density at radius 3 is 2.50 bits per heavy atom. The van der Waals surface area contributed by atoms with Crippen LogP contribution in [-0.2, 0) is 6.42 Å². The molecule has 3 aromatic carbocycles. The number of ether oxygens (including phenoxy) is 3. The van der Waals surface area contributed by atoms with E-state index in [1.165, 1.54) is 4.68 Å². The van der Waals surface area contributed by atoms with Gasteiger partial charge in [0.05, 0.1) is 36.9 Å². The molecule has 0 spiro atoms. The second-order valence-corrected chi connectivity index (χ2v) is 10.6. The van der Waals surface area contributed by atoms with Crippen LogP contribution < -0.4 is 19.8 Å². The normalized spacial score (nSPS) is 12.2. The Morgan fingerprint density at radius 2 is 1.83 bits per heavy atom. The van der Waals surface area contributed by atoms with E-state index in [-0.39, 0.29) is 17.6 Å². The molecule has 0 unspecified atom stereocenters. The van der Waals surface area contributed by atoms with Crippen molar-refractivity contribution >= 4 is 17.1 Å². The van der Waals surface area contributed by atoms with Crippen LogP contribution in [0.4, 0.5) is 0 Å². The molecule has 0 N–H and O–H groups in total. The van der Waals surface area contributed by atoms with Crippen molar-refractivity contribution in [3.63, 3.8) is 0 Å². The molecule has 4 rings (SSSR count). The zero-order valence-electron chi connectivity index (χ0n) is 25.7. The molecule has 220 valence electrons. The maximum atomic E-state index is 13.9. The highest BCUT2D eigenvalue weighted by atomic mass is 16.5. The maximum Gasteiger partial charge on any atom is 0.282 e. The Hall–Kier alpha value is -4.39. The number of methoxy groups -OCH3 is 1. The van der Waals surface area contributed by atoms with Gasteiger partial charge < -0.3 is 14.2 Å². The average Bonchev–Trinajstić information content (AvgIpc) is 2.98. The molecular formula is C35H41N3O4. The van der Waals surface area contributed by atoms with E-state index in [0.29, 0.717) is 41.3 Å². The number of fused-ring (bicyclic) bond motifs is 1. The molecule has 0 saturated heterocycles. The highest BCUT2D eigenvalue weighted by molar-refractivity contribution is 5.83. The van der Waals surface area contributed by atoms with Gasteiger partial charge in [0.1, 0.15) is 5.75 Å². The van der Waals surface area contributed by atoms with Crippen LogP contribution >= 0.6 is 0 Å². The second kappa shape index (κ2) is 13.5. The Kier molecular flexibility index (Phi) is 9.84. The number of para-hydroxylation sites is 1.